The van der Waals surface area contributed by atoms with Crippen LogP contribution in [0.25, 0.3) is 0 Å². The molecule has 0 radical (unpaired) electrons. The predicted octanol–water partition coefficient (Wildman–Crippen LogP) is 2.80. The minimum absolute atomic E-state index is 0.00443. The van der Waals surface area contributed by atoms with E-state index in [1.165, 1.54) is 18.3 Å². The standard InChI is InChI=1S/C9H11F3N2O/c1-6(2)14-7-4-3-5-13-8(7)15-9(10,11)12/h3-6,14H,1-2H3. The highest BCUT2D eigenvalue weighted by molar-refractivity contribution is 5.52. The van der Waals surface area contributed by atoms with Crippen LogP contribution in [0.1, 0.15) is 13.8 Å². The van der Waals surface area contributed by atoms with Gasteiger partial charge in [0.25, 0.3) is 0 Å². The van der Waals surface area contributed by atoms with Crippen LogP contribution < -0.4 is 10.1 Å². The molecule has 3 nitrogen and oxygen atoms in total. The Balaban J connectivity index is 2.86. The van der Waals surface area contributed by atoms with E-state index in [0.29, 0.717) is 0 Å². The largest absolute Gasteiger partial charge is 0.574 e. The van der Waals surface area contributed by atoms with Crippen LogP contribution in [0.4, 0.5) is 18.9 Å². The fourth-order valence-corrected chi connectivity index (χ4v) is 1.00. The molecule has 15 heavy (non-hydrogen) atoms. The molecule has 1 N–H and O–H groups in total. The Morgan fingerprint density at radius 3 is 2.60 bits per heavy atom. The maximum absolute atomic E-state index is 12.0. The molecule has 0 aliphatic carbocycles. The van der Waals surface area contributed by atoms with E-state index >= 15 is 0 Å². The smallest absolute Gasteiger partial charge is 0.386 e. The van der Waals surface area contributed by atoms with Crippen molar-refractivity contribution in [1.29, 1.82) is 0 Å². The summed E-state index contributed by atoms with van der Waals surface area (Å²) < 4.78 is 39.7. The van der Waals surface area contributed by atoms with E-state index in [2.05, 4.69) is 15.0 Å². The van der Waals surface area contributed by atoms with Crippen molar-refractivity contribution in [1.82, 2.24) is 4.98 Å². The van der Waals surface area contributed by atoms with Gasteiger partial charge in [-0.1, -0.05) is 0 Å². The highest BCUT2D eigenvalue weighted by Crippen LogP contribution is 2.27. The lowest BCUT2D eigenvalue weighted by Crippen LogP contribution is -2.20. The lowest BCUT2D eigenvalue weighted by molar-refractivity contribution is -0.275. The van der Waals surface area contributed by atoms with E-state index in [4.69, 9.17) is 0 Å². The molecule has 0 fully saturated rings. The summed E-state index contributed by atoms with van der Waals surface area (Å²) in [7, 11) is 0. The average Bonchev–Trinajstić information content (AvgIpc) is 2.05. The van der Waals surface area contributed by atoms with Crippen LogP contribution in [0, 0.1) is 0 Å². The highest BCUT2D eigenvalue weighted by atomic mass is 19.4. The van der Waals surface area contributed by atoms with Crippen LogP contribution in [0.2, 0.25) is 0 Å². The average molecular weight is 220 g/mol. The van der Waals surface area contributed by atoms with Gasteiger partial charge in [0.05, 0.1) is 5.69 Å². The molecule has 0 aromatic carbocycles. The third kappa shape index (κ3) is 4.05. The van der Waals surface area contributed by atoms with Crippen LogP contribution in [0.3, 0.4) is 0 Å². The number of hydrogen-bond donors (Lipinski definition) is 1. The van der Waals surface area contributed by atoms with Gasteiger partial charge >= 0.3 is 6.36 Å². The zero-order valence-corrected chi connectivity index (χ0v) is 8.30. The van der Waals surface area contributed by atoms with Crippen molar-refractivity contribution in [3.05, 3.63) is 18.3 Å². The molecule has 1 aromatic heterocycles. The Labute approximate surface area is 85.3 Å². The first kappa shape index (κ1) is 11.6. The summed E-state index contributed by atoms with van der Waals surface area (Å²) in [6.07, 6.45) is -3.48. The van der Waals surface area contributed by atoms with Crippen molar-refractivity contribution < 1.29 is 17.9 Å². The van der Waals surface area contributed by atoms with E-state index in [1.807, 2.05) is 13.8 Å². The third-order valence-corrected chi connectivity index (χ3v) is 1.43. The van der Waals surface area contributed by atoms with E-state index < -0.39 is 12.2 Å². The molecular formula is C9H11F3N2O. The number of hydrogen-bond acceptors (Lipinski definition) is 3. The van der Waals surface area contributed by atoms with E-state index in [0.717, 1.165) is 0 Å². The van der Waals surface area contributed by atoms with Gasteiger partial charge in [0.2, 0.25) is 5.88 Å². The number of nitrogens with zero attached hydrogens (tertiary/aromatic N) is 1. The first-order chi connectivity index (χ1) is 6.88. The molecule has 0 atom stereocenters. The Hall–Kier alpha value is -1.46. The number of halogens is 3. The van der Waals surface area contributed by atoms with Crippen molar-refractivity contribution in [3.8, 4) is 5.88 Å². The Morgan fingerprint density at radius 1 is 1.40 bits per heavy atom. The molecule has 0 amide bonds. The second kappa shape index (κ2) is 4.37. The summed E-state index contributed by atoms with van der Waals surface area (Å²) >= 11 is 0. The molecule has 6 heteroatoms. The second-order valence-electron chi connectivity index (χ2n) is 3.20. The lowest BCUT2D eigenvalue weighted by Gasteiger charge is -2.14. The summed E-state index contributed by atoms with van der Waals surface area (Å²) in [5, 5.41) is 2.81. The summed E-state index contributed by atoms with van der Waals surface area (Å²) in [6, 6.07) is 3.02. The number of alkyl halides is 3. The van der Waals surface area contributed by atoms with Gasteiger partial charge in [0, 0.05) is 12.2 Å². The van der Waals surface area contributed by atoms with Crippen molar-refractivity contribution in [3.63, 3.8) is 0 Å². The zero-order valence-electron chi connectivity index (χ0n) is 8.30. The summed E-state index contributed by atoms with van der Waals surface area (Å²) in [5.74, 6) is -0.460. The van der Waals surface area contributed by atoms with Crippen molar-refractivity contribution in [2.45, 2.75) is 26.3 Å². The van der Waals surface area contributed by atoms with Gasteiger partial charge in [-0.05, 0) is 26.0 Å². The van der Waals surface area contributed by atoms with Crippen LogP contribution in [0.5, 0.6) is 5.88 Å². The van der Waals surface area contributed by atoms with Crippen LogP contribution in [-0.2, 0) is 0 Å². The van der Waals surface area contributed by atoms with Gasteiger partial charge in [-0.2, -0.15) is 0 Å². The molecule has 0 bridgehead atoms. The second-order valence-corrected chi connectivity index (χ2v) is 3.20. The van der Waals surface area contributed by atoms with Crippen molar-refractivity contribution >= 4 is 5.69 Å². The molecule has 0 saturated heterocycles. The first-order valence-corrected chi connectivity index (χ1v) is 4.36. The Kier molecular flexibility index (Phi) is 3.39. The fraction of sp³-hybridized carbons (Fsp3) is 0.444. The maximum atomic E-state index is 12.0. The van der Waals surface area contributed by atoms with E-state index in [9.17, 15) is 13.2 Å². The minimum Gasteiger partial charge on any atom is -0.386 e. The summed E-state index contributed by atoms with van der Waals surface area (Å²) in [4.78, 5) is 3.51. The molecule has 1 rings (SSSR count). The number of nitrogens with one attached hydrogen (secondary N) is 1. The quantitative estimate of drug-likeness (QED) is 0.850. The van der Waals surface area contributed by atoms with Gasteiger partial charge in [0.15, 0.2) is 0 Å². The van der Waals surface area contributed by atoms with Gasteiger partial charge < -0.3 is 10.1 Å². The SMILES string of the molecule is CC(C)Nc1cccnc1OC(F)(F)F. The number of anilines is 1. The summed E-state index contributed by atoms with van der Waals surface area (Å²) in [5.41, 5.74) is 0.227. The van der Waals surface area contributed by atoms with Crippen molar-refractivity contribution in [2.24, 2.45) is 0 Å². The monoisotopic (exact) mass is 220 g/mol. The van der Waals surface area contributed by atoms with Gasteiger partial charge in [-0.25, -0.2) is 4.98 Å². The molecule has 1 aromatic rings. The van der Waals surface area contributed by atoms with Gasteiger partial charge in [0.1, 0.15) is 0 Å². The van der Waals surface area contributed by atoms with E-state index in [1.54, 1.807) is 0 Å². The molecule has 84 valence electrons. The minimum atomic E-state index is -4.72. The first-order valence-electron chi connectivity index (χ1n) is 4.36. The topological polar surface area (TPSA) is 34.2 Å². The zero-order chi connectivity index (χ0) is 11.5. The molecule has 0 aliphatic heterocycles. The molecular weight excluding hydrogens is 209 g/mol. The Morgan fingerprint density at radius 2 is 2.07 bits per heavy atom. The predicted molar refractivity (Wildman–Crippen MR) is 49.7 cm³/mol. The third-order valence-electron chi connectivity index (χ3n) is 1.43. The summed E-state index contributed by atoms with van der Waals surface area (Å²) in [6.45, 7) is 3.62. The molecule has 0 saturated carbocycles. The molecule has 0 spiro atoms. The number of ether oxygens (including phenoxy) is 1. The number of aromatic nitrogens is 1. The number of pyridine rings is 1. The fourth-order valence-electron chi connectivity index (χ4n) is 1.00. The normalized spacial score (nSPS) is 11.6. The van der Waals surface area contributed by atoms with Gasteiger partial charge in [-0.3, -0.25) is 0 Å². The molecule has 1 heterocycles. The maximum Gasteiger partial charge on any atom is 0.574 e. The highest BCUT2D eigenvalue weighted by Gasteiger charge is 2.32. The molecule has 0 unspecified atom stereocenters. The van der Waals surface area contributed by atoms with E-state index in [-0.39, 0.29) is 11.7 Å². The van der Waals surface area contributed by atoms with Crippen molar-refractivity contribution in [2.75, 3.05) is 5.32 Å². The number of rotatable bonds is 3. The van der Waals surface area contributed by atoms with Gasteiger partial charge in [-0.15, -0.1) is 13.2 Å². The van der Waals surface area contributed by atoms with Crippen LogP contribution >= 0.6 is 0 Å². The van der Waals surface area contributed by atoms with Crippen LogP contribution in [-0.4, -0.2) is 17.4 Å². The Bertz CT molecular complexity index is 325. The van der Waals surface area contributed by atoms with Crippen LogP contribution in [0.15, 0.2) is 18.3 Å². The molecule has 0 aliphatic rings. The lowest BCUT2D eigenvalue weighted by atomic mass is 10.3.